The number of nitrogens with zero attached hydrogens (tertiary/aromatic N) is 3. The summed E-state index contributed by atoms with van der Waals surface area (Å²) in [6.45, 7) is 0. The molecule has 8 aromatic carbocycles. The number of para-hydroxylation sites is 2. The molecule has 5 heteroatoms. The van der Waals surface area contributed by atoms with Gasteiger partial charge in [0.05, 0.1) is 12.4 Å². The van der Waals surface area contributed by atoms with Crippen LogP contribution in [0, 0.1) is 0 Å². The molecule has 0 aliphatic carbocycles. The second-order valence-corrected chi connectivity index (χ2v) is 14.7. The predicted octanol–water partition coefficient (Wildman–Crippen LogP) is 14.1. The van der Waals surface area contributed by atoms with Gasteiger partial charge in [0, 0.05) is 42.1 Å². The first-order valence-electron chi connectivity index (χ1n) is 20.8. The van der Waals surface area contributed by atoms with E-state index in [0.29, 0.717) is 23.0 Å². The van der Waals surface area contributed by atoms with Gasteiger partial charge >= 0.3 is 0 Å². The van der Waals surface area contributed by atoms with Gasteiger partial charge in [-0.05, 0) is 69.8 Å². The monoisotopic (exact) mass is 738 g/mol. The minimum atomic E-state index is -0.402. The zero-order chi connectivity index (χ0) is 41.4. The first-order valence-corrected chi connectivity index (χ1v) is 19.1. The van der Waals surface area contributed by atoms with Crippen molar-refractivity contribution >= 4 is 53.4 Å². The molecule has 0 unspecified atom stereocenters. The van der Waals surface area contributed by atoms with Gasteiger partial charge in [-0.25, -0.2) is 15.0 Å². The van der Waals surface area contributed by atoms with Gasteiger partial charge in [-0.3, -0.25) is 0 Å². The Kier molecular flexibility index (Phi) is 6.49. The molecule has 0 bridgehead atoms. The Labute approximate surface area is 334 Å². The van der Waals surface area contributed by atoms with Gasteiger partial charge in [0.15, 0.2) is 17.5 Å². The summed E-state index contributed by atoms with van der Waals surface area (Å²) in [5.74, 6) is 1.68. The van der Waals surface area contributed by atoms with Crippen LogP contribution in [-0.4, -0.2) is 15.0 Å². The summed E-state index contributed by atoms with van der Waals surface area (Å²) in [6, 6.07) is 51.2. The first kappa shape index (κ1) is 27.4. The number of rotatable bonds is 6. The van der Waals surface area contributed by atoms with Crippen molar-refractivity contribution in [1.29, 1.82) is 0 Å². The van der Waals surface area contributed by atoms with E-state index in [1.807, 2.05) is 78.9 Å². The maximum absolute atomic E-state index is 8.48. The fourth-order valence-electron chi connectivity index (χ4n) is 7.55. The van der Waals surface area contributed by atoms with Crippen molar-refractivity contribution in [2.24, 2.45) is 0 Å². The Balaban J connectivity index is 1.01. The van der Waals surface area contributed by atoms with E-state index in [1.54, 1.807) is 17.4 Å². The molecule has 262 valence electrons. The van der Waals surface area contributed by atoms with E-state index in [2.05, 4.69) is 72.8 Å². The van der Waals surface area contributed by atoms with E-state index in [9.17, 15) is 0 Å². The number of fused-ring (bicyclic) bond motifs is 6. The second-order valence-electron chi connectivity index (χ2n) is 13.6. The minimum absolute atomic E-state index is 0.188. The van der Waals surface area contributed by atoms with Crippen molar-refractivity contribution in [3.05, 3.63) is 188 Å². The van der Waals surface area contributed by atoms with Crippen molar-refractivity contribution in [2.45, 2.75) is 0 Å². The van der Waals surface area contributed by atoms with Crippen LogP contribution in [0.4, 0.5) is 0 Å². The highest BCUT2D eigenvalue weighted by Gasteiger charge is 2.20. The van der Waals surface area contributed by atoms with Crippen LogP contribution in [0.1, 0.15) is 6.85 Å². The third kappa shape index (κ3) is 5.56. The first-order chi connectivity index (χ1) is 29.8. The van der Waals surface area contributed by atoms with Crippen LogP contribution in [0.25, 0.3) is 110 Å². The molecule has 0 radical (unpaired) electrons. The van der Waals surface area contributed by atoms with Crippen molar-refractivity contribution in [1.82, 2.24) is 15.0 Å². The molecule has 11 rings (SSSR count). The number of hydrogen-bond donors (Lipinski definition) is 0. The molecule has 0 saturated carbocycles. The van der Waals surface area contributed by atoms with Crippen LogP contribution in [0.5, 0.6) is 0 Å². The third-order valence-corrected chi connectivity index (χ3v) is 11.4. The Morgan fingerprint density at radius 2 is 1.02 bits per heavy atom. The van der Waals surface area contributed by atoms with Crippen molar-refractivity contribution < 1.29 is 11.3 Å². The summed E-state index contributed by atoms with van der Waals surface area (Å²) in [4.78, 5) is 15.4. The summed E-state index contributed by atoms with van der Waals surface area (Å²) in [6.07, 6.45) is 0. The average Bonchev–Trinajstić information content (AvgIpc) is 3.89. The molecule has 0 atom stereocenters. The zero-order valence-electron chi connectivity index (χ0n) is 34.7. The highest BCUT2D eigenvalue weighted by atomic mass is 32.1. The molecule has 56 heavy (non-hydrogen) atoms. The van der Waals surface area contributed by atoms with Gasteiger partial charge in [0.25, 0.3) is 0 Å². The molecule has 0 aliphatic rings. The lowest BCUT2D eigenvalue weighted by atomic mass is 9.96. The van der Waals surface area contributed by atoms with E-state index < -0.39 is 6.04 Å². The smallest absolute Gasteiger partial charge is 0.167 e. The van der Waals surface area contributed by atoms with Gasteiger partial charge < -0.3 is 4.42 Å². The van der Waals surface area contributed by atoms with E-state index in [4.69, 9.17) is 26.2 Å². The van der Waals surface area contributed by atoms with Gasteiger partial charge in [0.2, 0.25) is 0 Å². The van der Waals surface area contributed by atoms with Crippen molar-refractivity contribution in [2.75, 3.05) is 0 Å². The largest absolute Gasteiger partial charge is 0.455 e. The normalized spacial score (nSPS) is 12.8. The van der Waals surface area contributed by atoms with Crippen LogP contribution in [0.15, 0.2) is 192 Å². The molecule has 0 N–H and O–H groups in total. The summed E-state index contributed by atoms with van der Waals surface area (Å²) < 4.78 is 50.0. The SMILES string of the molecule is [2H]c1c([2H])c([2H])c(-c2cccc(-c3ccc(-c4ccc5sc6cccc(-c7nc(-c8ccccc8)nc(-c8cccc9c8oc8ccccc89)n7)c6c5c4)cc3)c2)c([2H])c1[2H]. The number of aromatic nitrogens is 3. The van der Waals surface area contributed by atoms with E-state index in [-0.39, 0.29) is 29.7 Å². The van der Waals surface area contributed by atoms with Crippen molar-refractivity contribution in [3.8, 4) is 67.5 Å². The molecule has 0 saturated heterocycles. The number of thiophene rings is 1. The summed E-state index contributed by atoms with van der Waals surface area (Å²) in [5.41, 5.74) is 8.81. The Morgan fingerprint density at radius 1 is 0.411 bits per heavy atom. The average molecular weight is 739 g/mol. The lowest BCUT2D eigenvalue weighted by Crippen LogP contribution is -2.00. The summed E-state index contributed by atoms with van der Waals surface area (Å²) in [5, 5.41) is 4.22. The van der Waals surface area contributed by atoms with Crippen molar-refractivity contribution in [3.63, 3.8) is 0 Å². The number of benzene rings is 8. The fraction of sp³-hybridized carbons (Fsp3) is 0. The number of hydrogen-bond acceptors (Lipinski definition) is 5. The maximum Gasteiger partial charge on any atom is 0.167 e. The Morgan fingerprint density at radius 3 is 1.84 bits per heavy atom. The highest BCUT2D eigenvalue weighted by Crippen LogP contribution is 2.42. The molecule has 3 heterocycles. The lowest BCUT2D eigenvalue weighted by molar-refractivity contribution is 0.669. The van der Waals surface area contributed by atoms with Crippen LogP contribution in [-0.2, 0) is 0 Å². The number of furan rings is 1. The fourth-order valence-corrected chi connectivity index (χ4v) is 8.67. The molecular weight excluding hydrogens is 703 g/mol. The third-order valence-electron chi connectivity index (χ3n) is 10.3. The van der Waals surface area contributed by atoms with Crippen LogP contribution < -0.4 is 0 Å². The van der Waals surface area contributed by atoms with Gasteiger partial charge in [-0.1, -0.05) is 152 Å². The van der Waals surface area contributed by atoms with E-state index in [1.165, 1.54) is 0 Å². The maximum atomic E-state index is 8.48. The summed E-state index contributed by atoms with van der Waals surface area (Å²) in [7, 11) is 0. The quantitative estimate of drug-likeness (QED) is 0.170. The molecule has 0 amide bonds. The molecule has 0 spiro atoms. The highest BCUT2D eigenvalue weighted by molar-refractivity contribution is 7.26. The summed E-state index contributed by atoms with van der Waals surface area (Å²) >= 11 is 1.74. The minimum Gasteiger partial charge on any atom is -0.455 e. The van der Waals surface area contributed by atoms with Crippen LogP contribution in [0.3, 0.4) is 0 Å². The lowest BCUT2D eigenvalue weighted by Gasteiger charge is -2.10. The Hall–Kier alpha value is -7.21. The van der Waals surface area contributed by atoms with Gasteiger partial charge in [0.1, 0.15) is 11.2 Å². The molecule has 0 fully saturated rings. The van der Waals surface area contributed by atoms with E-state index >= 15 is 0 Å². The second kappa shape index (κ2) is 13.3. The molecule has 0 aliphatic heterocycles. The Bertz CT molecular complexity index is 3520. The standard InChI is InChI=1S/C51H31N3OS/c1-3-12-32(13-4-1)36-16-9-17-37(30-36)33-24-26-34(27-25-33)38-28-29-45-43(31-38)47-41(20-11-23-46(47)56-45)50-52-49(35-14-5-2-6-15-35)53-51(54-50)42-21-10-19-40-39-18-7-8-22-44(39)55-48(40)42/h1-31H/i1D,3D,4D,12D,13D. The topological polar surface area (TPSA) is 51.8 Å². The predicted molar refractivity (Wildman–Crippen MR) is 233 cm³/mol. The molecule has 11 aromatic rings. The molecule has 3 aromatic heterocycles. The molecular formula is C51H31N3OS. The van der Waals surface area contributed by atoms with Crippen LogP contribution >= 0.6 is 11.3 Å². The van der Waals surface area contributed by atoms with Crippen LogP contribution in [0.2, 0.25) is 0 Å². The van der Waals surface area contributed by atoms with Gasteiger partial charge in [-0.2, -0.15) is 0 Å². The zero-order valence-corrected chi connectivity index (χ0v) is 30.5. The van der Waals surface area contributed by atoms with Gasteiger partial charge in [-0.15, -0.1) is 11.3 Å². The van der Waals surface area contributed by atoms with E-state index in [0.717, 1.165) is 81.1 Å². The molecule has 4 nitrogen and oxygen atoms in total.